The van der Waals surface area contributed by atoms with Gasteiger partial charge in [-0.1, -0.05) is 33.3 Å². The number of unbranched alkanes of at least 4 members (excludes halogenated alkanes) is 1. The molecule has 1 N–H and O–H groups in total. The monoisotopic (exact) mass is 289 g/mol. The van der Waals surface area contributed by atoms with Crippen LogP contribution in [0, 0.1) is 28.6 Å². The molecule has 0 aromatic heterocycles. The van der Waals surface area contributed by atoms with E-state index in [2.05, 4.69) is 13.0 Å². The summed E-state index contributed by atoms with van der Waals surface area (Å²) in [6, 6.07) is 2.16. The Balaban J connectivity index is 0.00000289. The number of thioether (sulfide) groups is 1. The van der Waals surface area contributed by atoms with Crippen molar-refractivity contribution in [1.82, 2.24) is 0 Å². The van der Waals surface area contributed by atoms with E-state index >= 15 is 0 Å². The lowest BCUT2D eigenvalue weighted by molar-refractivity contribution is -0.139. The summed E-state index contributed by atoms with van der Waals surface area (Å²) in [5.41, 5.74) is -0.209. The molecule has 1 unspecified atom stereocenters. The Morgan fingerprint density at radius 3 is 2.56 bits per heavy atom. The first-order chi connectivity index (χ1) is 7.95. The second-order valence-electron chi connectivity index (χ2n) is 5.01. The molecule has 0 aromatic rings. The average Bonchev–Trinajstić information content (AvgIpc) is 2.79. The standard InChI is InChI=1S/C13H19NO2S.ClH/c1-4-5-6-17-9(8-14)7-10-11(12(15)16)13(10,2)3;/h7,10-11H,4-6H2,1-3H3,(H,15,16);1H/t10?,11-;/m0./s1. The van der Waals surface area contributed by atoms with Crippen LogP contribution < -0.4 is 0 Å². The van der Waals surface area contributed by atoms with Crippen molar-refractivity contribution < 1.29 is 9.90 Å². The van der Waals surface area contributed by atoms with E-state index in [1.165, 1.54) is 11.8 Å². The Bertz CT molecular complexity index is 374. The second-order valence-corrected chi connectivity index (χ2v) is 6.14. The number of aliphatic carboxylic acids is 1. The molecule has 1 aliphatic rings. The lowest BCUT2D eigenvalue weighted by atomic mass is 10.1. The highest BCUT2D eigenvalue weighted by Crippen LogP contribution is 2.59. The van der Waals surface area contributed by atoms with Crippen LogP contribution in [0.5, 0.6) is 0 Å². The average molecular weight is 290 g/mol. The largest absolute Gasteiger partial charge is 0.481 e. The number of carboxylic acids is 1. The first kappa shape index (κ1) is 17.3. The maximum atomic E-state index is 11.0. The van der Waals surface area contributed by atoms with Crippen molar-refractivity contribution in [3.63, 3.8) is 0 Å². The maximum absolute atomic E-state index is 11.0. The van der Waals surface area contributed by atoms with Crippen molar-refractivity contribution in [2.75, 3.05) is 5.75 Å². The number of carboxylic acid groups (broad SMARTS) is 1. The minimum atomic E-state index is -0.757. The van der Waals surface area contributed by atoms with E-state index in [0.29, 0.717) is 4.91 Å². The smallest absolute Gasteiger partial charge is 0.307 e. The summed E-state index contributed by atoms with van der Waals surface area (Å²) >= 11 is 1.54. The lowest BCUT2D eigenvalue weighted by Crippen LogP contribution is -2.03. The van der Waals surface area contributed by atoms with Gasteiger partial charge in [0.05, 0.1) is 10.8 Å². The van der Waals surface area contributed by atoms with Crippen LogP contribution >= 0.6 is 24.2 Å². The number of nitriles is 1. The minimum Gasteiger partial charge on any atom is -0.481 e. The van der Waals surface area contributed by atoms with Crippen LogP contribution in [0.3, 0.4) is 0 Å². The Morgan fingerprint density at radius 2 is 2.17 bits per heavy atom. The molecule has 5 heteroatoms. The Labute approximate surface area is 119 Å². The molecule has 1 saturated carbocycles. The number of nitrogens with zero attached hydrogens (tertiary/aromatic N) is 1. The summed E-state index contributed by atoms with van der Waals surface area (Å²) in [6.07, 6.45) is 4.04. The fourth-order valence-corrected chi connectivity index (χ4v) is 3.03. The van der Waals surface area contributed by atoms with Gasteiger partial charge in [-0.25, -0.2) is 0 Å². The molecule has 0 spiro atoms. The Hall–Kier alpha value is -0.660. The number of hydrogen-bond donors (Lipinski definition) is 1. The van der Waals surface area contributed by atoms with E-state index in [1.54, 1.807) is 0 Å². The summed E-state index contributed by atoms with van der Waals surface area (Å²) in [4.78, 5) is 11.7. The number of carbonyl (C=O) groups is 1. The van der Waals surface area contributed by atoms with Crippen LogP contribution in [-0.4, -0.2) is 16.8 Å². The molecule has 102 valence electrons. The molecule has 18 heavy (non-hydrogen) atoms. The molecule has 0 aliphatic heterocycles. The third-order valence-electron chi connectivity index (χ3n) is 3.37. The molecule has 0 amide bonds. The fraction of sp³-hybridized carbons (Fsp3) is 0.692. The highest BCUT2D eigenvalue weighted by atomic mass is 35.5. The van der Waals surface area contributed by atoms with Crippen molar-refractivity contribution in [3.8, 4) is 6.07 Å². The van der Waals surface area contributed by atoms with E-state index < -0.39 is 5.97 Å². The predicted molar refractivity (Wildman–Crippen MR) is 76.7 cm³/mol. The molecular formula is C13H20ClNO2S. The van der Waals surface area contributed by atoms with Gasteiger partial charge in [0.25, 0.3) is 0 Å². The van der Waals surface area contributed by atoms with Gasteiger partial charge < -0.3 is 5.11 Å². The van der Waals surface area contributed by atoms with Crippen molar-refractivity contribution >= 4 is 30.1 Å². The van der Waals surface area contributed by atoms with Crippen LogP contribution in [0.4, 0.5) is 0 Å². The molecule has 1 fully saturated rings. The van der Waals surface area contributed by atoms with Crippen molar-refractivity contribution in [2.45, 2.75) is 33.6 Å². The van der Waals surface area contributed by atoms with Gasteiger partial charge in [0.15, 0.2) is 0 Å². The number of rotatable bonds is 6. The van der Waals surface area contributed by atoms with Gasteiger partial charge in [0.2, 0.25) is 0 Å². The van der Waals surface area contributed by atoms with Crippen molar-refractivity contribution in [1.29, 1.82) is 5.26 Å². The number of allylic oxidation sites excluding steroid dienone is 2. The zero-order valence-electron chi connectivity index (χ0n) is 11.0. The summed E-state index contributed by atoms with van der Waals surface area (Å²) in [7, 11) is 0. The van der Waals surface area contributed by atoms with Gasteiger partial charge >= 0.3 is 5.97 Å². The highest BCUT2D eigenvalue weighted by molar-refractivity contribution is 8.03. The van der Waals surface area contributed by atoms with E-state index in [1.807, 2.05) is 19.9 Å². The van der Waals surface area contributed by atoms with E-state index in [-0.39, 0.29) is 29.7 Å². The van der Waals surface area contributed by atoms with Gasteiger partial charge in [-0.15, -0.1) is 24.2 Å². The topological polar surface area (TPSA) is 61.1 Å². The minimum absolute atomic E-state index is 0. The second kappa shape index (κ2) is 7.06. The SMILES string of the molecule is CCCCSC(C#N)=CC1[C@@H](C(=O)O)C1(C)C.Cl. The third kappa shape index (κ3) is 3.93. The molecule has 3 nitrogen and oxygen atoms in total. The van der Waals surface area contributed by atoms with Gasteiger partial charge in [0.1, 0.15) is 6.07 Å². The molecule has 1 aliphatic carbocycles. The van der Waals surface area contributed by atoms with Crippen molar-refractivity contribution in [3.05, 3.63) is 11.0 Å². The molecular weight excluding hydrogens is 270 g/mol. The summed E-state index contributed by atoms with van der Waals surface area (Å²) in [5.74, 6) is -0.158. The predicted octanol–water partition coefficient (Wildman–Crippen LogP) is 3.71. The van der Waals surface area contributed by atoms with Crippen molar-refractivity contribution in [2.24, 2.45) is 17.3 Å². The Morgan fingerprint density at radius 1 is 1.56 bits per heavy atom. The quantitative estimate of drug-likeness (QED) is 0.598. The zero-order valence-corrected chi connectivity index (χ0v) is 12.6. The van der Waals surface area contributed by atoms with Crippen LogP contribution in [0.15, 0.2) is 11.0 Å². The maximum Gasteiger partial charge on any atom is 0.307 e. The molecule has 0 radical (unpaired) electrons. The first-order valence-electron chi connectivity index (χ1n) is 5.92. The van der Waals surface area contributed by atoms with E-state index in [9.17, 15) is 4.79 Å². The summed E-state index contributed by atoms with van der Waals surface area (Å²) < 4.78 is 0. The number of halogens is 1. The van der Waals surface area contributed by atoms with Crippen LogP contribution in [-0.2, 0) is 4.79 Å². The van der Waals surface area contributed by atoms with Gasteiger partial charge in [-0.05, 0) is 23.5 Å². The third-order valence-corrected chi connectivity index (χ3v) is 4.40. The molecule has 0 bridgehead atoms. The molecule has 0 heterocycles. The normalized spacial score (nSPS) is 24.9. The summed E-state index contributed by atoms with van der Waals surface area (Å²) in [5, 5.41) is 18.1. The van der Waals surface area contributed by atoms with E-state index in [4.69, 9.17) is 10.4 Å². The molecule has 0 saturated heterocycles. The van der Waals surface area contributed by atoms with Crippen LogP contribution in [0.1, 0.15) is 33.6 Å². The van der Waals surface area contributed by atoms with Gasteiger partial charge in [-0.3, -0.25) is 4.79 Å². The van der Waals surface area contributed by atoms with Gasteiger partial charge in [0, 0.05) is 0 Å². The molecule has 0 aromatic carbocycles. The number of hydrogen-bond acceptors (Lipinski definition) is 3. The fourth-order valence-electron chi connectivity index (χ4n) is 2.07. The van der Waals surface area contributed by atoms with Gasteiger partial charge in [-0.2, -0.15) is 5.26 Å². The van der Waals surface area contributed by atoms with Crippen LogP contribution in [0.25, 0.3) is 0 Å². The lowest BCUT2D eigenvalue weighted by Gasteiger charge is -1.99. The highest BCUT2D eigenvalue weighted by Gasteiger charge is 2.61. The molecule has 1 rings (SSSR count). The van der Waals surface area contributed by atoms with Crippen LogP contribution in [0.2, 0.25) is 0 Å². The summed E-state index contributed by atoms with van der Waals surface area (Å²) in [6.45, 7) is 6.00. The molecule has 2 atom stereocenters. The zero-order chi connectivity index (χ0) is 13.1. The Kier molecular flexibility index (Phi) is 6.80. The first-order valence-corrected chi connectivity index (χ1v) is 6.91. The van der Waals surface area contributed by atoms with E-state index in [0.717, 1.165) is 18.6 Å².